The molecule has 2 heterocycles. The van der Waals surface area contributed by atoms with Gasteiger partial charge in [0.05, 0.1) is 0 Å². The van der Waals surface area contributed by atoms with Crippen molar-refractivity contribution >= 4 is 11.8 Å². The minimum absolute atomic E-state index is 1.01. The molecule has 2 saturated heterocycles. The van der Waals surface area contributed by atoms with Gasteiger partial charge in [0.25, 0.3) is 0 Å². The fraction of sp³-hybridized carbons (Fsp3) is 1.00. The van der Waals surface area contributed by atoms with Gasteiger partial charge in [-0.3, -0.25) is 0 Å². The van der Waals surface area contributed by atoms with Gasteiger partial charge < -0.3 is 10.2 Å². The maximum Gasteiger partial charge on any atom is 0.0107 e. The predicted octanol–water partition coefficient (Wildman–Crippen LogP) is 2.60. The molecule has 0 aliphatic carbocycles. The highest BCUT2D eigenvalue weighted by Crippen LogP contribution is 2.24. The van der Waals surface area contributed by atoms with Crippen molar-refractivity contribution in [2.24, 2.45) is 5.92 Å². The summed E-state index contributed by atoms with van der Waals surface area (Å²) < 4.78 is 0. The van der Waals surface area contributed by atoms with Gasteiger partial charge in [0.15, 0.2) is 0 Å². The molecule has 2 rings (SSSR count). The summed E-state index contributed by atoms with van der Waals surface area (Å²) in [7, 11) is 0. The zero-order chi connectivity index (χ0) is 11.8. The number of nitrogens with one attached hydrogen (secondary N) is 1. The predicted molar refractivity (Wildman–Crippen MR) is 77.8 cm³/mol. The summed E-state index contributed by atoms with van der Waals surface area (Å²) in [5, 5.41) is 3.63. The average Bonchev–Trinajstić information content (AvgIpc) is 2.41. The Morgan fingerprint density at radius 3 is 2.53 bits per heavy atom. The molecule has 0 amide bonds. The molecule has 0 spiro atoms. The summed E-state index contributed by atoms with van der Waals surface area (Å²) in [5.41, 5.74) is 0. The van der Waals surface area contributed by atoms with Gasteiger partial charge in [-0.1, -0.05) is 6.42 Å². The van der Waals surface area contributed by atoms with E-state index >= 15 is 0 Å². The zero-order valence-corrected chi connectivity index (χ0v) is 11.9. The number of hydrogen-bond donors (Lipinski definition) is 1. The van der Waals surface area contributed by atoms with Crippen molar-refractivity contribution in [2.45, 2.75) is 38.5 Å². The molecule has 0 radical (unpaired) electrons. The van der Waals surface area contributed by atoms with E-state index in [-0.39, 0.29) is 0 Å². The summed E-state index contributed by atoms with van der Waals surface area (Å²) in [6.45, 7) is 6.37. The van der Waals surface area contributed by atoms with Gasteiger partial charge in [-0.25, -0.2) is 0 Å². The van der Waals surface area contributed by atoms with Crippen molar-refractivity contribution in [1.82, 2.24) is 10.2 Å². The van der Waals surface area contributed by atoms with Crippen molar-refractivity contribution in [3.8, 4) is 0 Å². The van der Waals surface area contributed by atoms with Crippen LogP contribution in [0.2, 0.25) is 0 Å². The third-order valence-corrected chi connectivity index (χ3v) is 5.17. The second-order valence-electron chi connectivity index (χ2n) is 5.50. The minimum atomic E-state index is 1.01. The highest BCUT2D eigenvalue weighted by Gasteiger charge is 2.13. The number of rotatable bonds is 6. The largest absolute Gasteiger partial charge is 0.315 e. The molecule has 0 aromatic heterocycles. The molecular formula is C14H28N2S. The molecule has 0 atom stereocenters. The summed E-state index contributed by atoms with van der Waals surface area (Å²) in [6, 6.07) is 0. The molecular weight excluding hydrogens is 228 g/mol. The Balaban J connectivity index is 1.42. The van der Waals surface area contributed by atoms with E-state index < -0.39 is 0 Å². The van der Waals surface area contributed by atoms with Crippen molar-refractivity contribution < 1.29 is 0 Å². The normalized spacial score (nSPS) is 24.0. The monoisotopic (exact) mass is 256 g/mol. The van der Waals surface area contributed by atoms with Crippen LogP contribution in [0.25, 0.3) is 0 Å². The maximum atomic E-state index is 3.63. The molecule has 0 aromatic carbocycles. The van der Waals surface area contributed by atoms with Crippen molar-refractivity contribution in [3.63, 3.8) is 0 Å². The number of nitrogens with zero attached hydrogens (tertiary/aromatic N) is 1. The molecule has 2 nitrogen and oxygen atoms in total. The van der Waals surface area contributed by atoms with Crippen molar-refractivity contribution in [2.75, 3.05) is 44.2 Å². The fourth-order valence-corrected chi connectivity index (χ4v) is 4.09. The van der Waals surface area contributed by atoms with Crippen LogP contribution in [0, 0.1) is 5.92 Å². The van der Waals surface area contributed by atoms with Crippen LogP contribution in [0.1, 0.15) is 38.5 Å². The fourth-order valence-electron chi connectivity index (χ4n) is 2.89. The van der Waals surface area contributed by atoms with Gasteiger partial charge in [0, 0.05) is 13.1 Å². The second kappa shape index (κ2) is 8.39. The van der Waals surface area contributed by atoms with Crippen LogP contribution < -0.4 is 5.32 Å². The highest BCUT2D eigenvalue weighted by atomic mass is 32.2. The Morgan fingerprint density at radius 1 is 1.00 bits per heavy atom. The first-order valence-corrected chi connectivity index (χ1v) is 8.61. The average molecular weight is 256 g/mol. The van der Waals surface area contributed by atoms with Crippen LogP contribution in [0.15, 0.2) is 0 Å². The standard InChI is InChI=1S/C14H28N2S/c1-2-9-16(10-3-1)11-8-15-7-4-14-5-12-17-13-6-14/h14-15H,1-13H2. The molecule has 0 unspecified atom stereocenters. The molecule has 2 aliphatic heterocycles. The van der Waals surface area contributed by atoms with Crippen LogP contribution in [-0.4, -0.2) is 49.1 Å². The zero-order valence-electron chi connectivity index (χ0n) is 11.1. The van der Waals surface area contributed by atoms with Crippen molar-refractivity contribution in [3.05, 3.63) is 0 Å². The number of piperidine rings is 1. The Morgan fingerprint density at radius 2 is 1.76 bits per heavy atom. The van der Waals surface area contributed by atoms with Gasteiger partial charge in [-0.05, 0) is 69.2 Å². The van der Waals surface area contributed by atoms with Gasteiger partial charge >= 0.3 is 0 Å². The second-order valence-corrected chi connectivity index (χ2v) is 6.72. The van der Waals surface area contributed by atoms with Gasteiger partial charge in [-0.2, -0.15) is 11.8 Å². The van der Waals surface area contributed by atoms with Crippen LogP contribution in [0.5, 0.6) is 0 Å². The molecule has 0 saturated carbocycles. The van der Waals surface area contributed by atoms with E-state index in [1.54, 1.807) is 0 Å². The summed E-state index contributed by atoms with van der Waals surface area (Å²) in [4.78, 5) is 2.62. The lowest BCUT2D eigenvalue weighted by atomic mass is 9.99. The Bertz CT molecular complexity index is 167. The Hall–Kier alpha value is 0.270. The van der Waals surface area contributed by atoms with E-state index in [1.165, 1.54) is 82.8 Å². The molecule has 2 fully saturated rings. The van der Waals surface area contributed by atoms with Crippen LogP contribution >= 0.6 is 11.8 Å². The lowest BCUT2D eigenvalue weighted by molar-refractivity contribution is 0.228. The van der Waals surface area contributed by atoms with Crippen molar-refractivity contribution in [1.29, 1.82) is 0 Å². The van der Waals surface area contributed by atoms with E-state index in [2.05, 4.69) is 22.0 Å². The van der Waals surface area contributed by atoms with Gasteiger partial charge in [0.1, 0.15) is 0 Å². The lowest BCUT2D eigenvalue weighted by Gasteiger charge is -2.26. The Labute approximate surface area is 111 Å². The first-order valence-electron chi connectivity index (χ1n) is 7.46. The lowest BCUT2D eigenvalue weighted by Crippen LogP contribution is -2.36. The number of thioether (sulfide) groups is 1. The summed E-state index contributed by atoms with van der Waals surface area (Å²) >= 11 is 2.13. The maximum absolute atomic E-state index is 3.63. The number of hydrogen-bond acceptors (Lipinski definition) is 3. The number of likely N-dealkylation sites (tertiary alicyclic amines) is 1. The van der Waals surface area contributed by atoms with E-state index in [0.717, 1.165) is 5.92 Å². The molecule has 3 heteroatoms. The summed E-state index contributed by atoms with van der Waals surface area (Å²) in [5.74, 6) is 3.82. The van der Waals surface area contributed by atoms with E-state index in [1.807, 2.05) is 0 Å². The van der Waals surface area contributed by atoms with Crippen LogP contribution in [-0.2, 0) is 0 Å². The summed E-state index contributed by atoms with van der Waals surface area (Å²) in [6.07, 6.45) is 8.60. The first-order chi connectivity index (χ1) is 8.45. The molecule has 1 N–H and O–H groups in total. The first kappa shape index (κ1) is 13.7. The third-order valence-electron chi connectivity index (χ3n) is 4.12. The molecule has 0 aromatic rings. The van der Waals surface area contributed by atoms with E-state index in [4.69, 9.17) is 0 Å². The smallest absolute Gasteiger partial charge is 0.0107 e. The molecule has 17 heavy (non-hydrogen) atoms. The minimum Gasteiger partial charge on any atom is -0.315 e. The van der Waals surface area contributed by atoms with Crippen LogP contribution in [0.3, 0.4) is 0 Å². The third kappa shape index (κ3) is 5.62. The SMILES string of the molecule is C1CCN(CCNCCC2CCSCC2)CC1. The van der Waals surface area contributed by atoms with E-state index in [9.17, 15) is 0 Å². The molecule has 100 valence electrons. The van der Waals surface area contributed by atoms with E-state index in [0.29, 0.717) is 0 Å². The van der Waals surface area contributed by atoms with Crippen LogP contribution in [0.4, 0.5) is 0 Å². The Kier molecular flexibility index (Phi) is 6.76. The quantitative estimate of drug-likeness (QED) is 0.736. The topological polar surface area (TPSA) is 15.3 Å². The molecule has 0 bridgehead atoms. The molecule has 2 aliphatic rings. The highest BCUT2D eigenvalue weighted by molar-refractivity contribution is 7.99. The van der Waals surface area contributed by atoms with Gasteiger partial charge in [0.2, 0.25) is 0 Å². The van der Waals surface area contributed by atoms with Gasteiger partial charge in [-0.15, -0.1) is 0 Å².